The second-order valence-electron chi connectivity index (χ2n) is 3.41. The van der Waals surface area contributed by atoms with Gasteiger partial charge < -0.3 is 4.90 Å². The number of sulfone groups is 1. The van der Waals surface area contributed by atoms with Gasteiger partial charge in [-0.2, -0.15) is 0 Å². The molecule has 0 atom stereocenters. The Hall–Kier alpha value is -0.550. The van der Waals surface area contributed by atoms with E-state index < -0.39 is 9.84 Å². The quantitative estimate of drug-likeness (QED) is 0.858. The van der Waals surface area contributed by atoms with Crippen LogP contribution in [0.25, 0.3) is 0 Å². The molecule has 0 aromatic heterocycles. The number of hydrogen-bond acceptors (Lipinski definition) is 3. The van der Waals surface area contributed by atoms with E-state index in [0.717, 1.165) is 10.2 Å². The van der Waals surface area contributed by atoms with Crippen LogP contribution in [-0.4, -0.2) is 28.3 Å². The largest absolute Gasteiger partial charge is 0.377 e. The van der Waals surface area contributed by atoms with E-state index in [4.69, 9.17) is 0 Å². The van der Waals surface area contributed by atoms with E-state index in [9.17, 15) is 8.42 Å². The van der Waals surface area contributed by atoms with Crippen LogP contribution < -0.4 is 4.90 Å². The average Bonchev–Trinajstić information content (AvgIpc) is 2.17. The van der Waals surface area contributed by atoms with Gasteiger partial charge in [0.1, 0.15) is 0 Å². The Bertz CT molecular complexity index is 454. The Labute approximate surface area is 99.1 Å². The first kappa shape index (κ1) is 12.5. The molecule has 0 saturated carbocycles. The summed E-state index contributed by atoms with van der Waals surface area (Å²) in [6.07, 6.45) is 0. The van der Waals surface area contributed by atoms with E-state index in [1.807, 2.05) is 19.0 Å². The van der Waals surface area contributed by atoms with Gasteiger partial charge in [0.2, 0.25) is 0 Å². The summed E-state index contributed by atoms with van der Waals surface area (Å²) < 4.78 is 24.2. The highest BCUT2D eigenvalue weighted by Gasteiger charge is 2.13. The number of hydrogen-bond donors (Lipinski definition) is 0. The van der Waals surface area contributed by atoms with Gasteiger partial charge in [0.15, 0.2) is 9.84 Å². The van der Waals surface area contributed by atoms with Gasteiger partial charge >= 0.3 is 0 Å². The van der Waals surface area contributed by atoms with Crippen LogP contribution in [0.4, 0.5) is 5.69 Å². The number of halogens is 1. The second kappa shape index (κ2) is 4.53. The first-order valence-corrected chi connectivity index (χ1v) is 7.02. The van der Waals surface area contributed by atoms with Gasteiger partial charge in [-0.05, 0) is 34.1 Å². The van der Waals surface area contributed by atoms with Crippen LogP contribution >= 0.6 is 15.9 Å². The lowest BCUT2D eigenvalue weighted by molar-refractivity contribution is 0.597. The third-order valence-electron chi connectivity index (χ3n) is 2.14. The molecule has 0 saturated heterocycles. The molecule has 0 amide bonds. The Kier molecular flexibility index (Phi) is 3.78. The van der Waals surface area contributed by atoms with Crippen LogP contribution in [0.1, 0.15) is 6.92 Å². The van der Waals surface area contributed by atoms with E-state index in [2.05, 4.69) is 15.9 Å². The molecular formula is C10H14BrNO2S. The van der Waals surface area contributed by atoms with Crippen molar-refractivity contribution in [3.8, 4) is 0 Å². The van der Waals surface area contributed by atoms with Crippen molar-refractivity contribution < 1.29 is 8.42 Å². The van der Waals surface area contributed by atoms with Crippen LogP contribution in [0, 0.1) is 0 Å². The molecule has 0 aliphatic heterocycles. The molecule has 0 aliphatic rings. The third-order valence-corrected chi connectivity index (χ3v) is 4.54. The lowest BCUT2D eigenvalue weighted by Gasteiger charge is -2.15. The molecule has 0 radical (unpaired) electrons. The van der Waals surface area contributed by atoms with Gasteiger partial charge in [-0.15, -0.1) is 0 Å². The fourth-order valence-electron chi connectivity index (χ4n) is 1.20. The molecule has 1 aromatic carbocycles. The highest BCUT2D eigenvalue weighted by atomic mass is 79.9. The van der Waals surface area contributed by atoms with Gasteiger partial charge in [-0.3, -0.25) is 0 Å². The molecule has 3 nitrogen and oxygen atoms in total. The summed E-state index contributed by atoms with van der Waals surface area (Å²) in [6.45, 7) is 1.65. The molecule has 5 heteroatoms. The molecule has 0 heterocycles. The standard InChI is InChI=1S/C10H14BrNO2S/c1-4-15(13,14)8-5-6-9(11)10(7-8)12(2)3/h5-7H,4H2,1-3H3. The van der Waals surface area contributed by atoms with E-state index in [-0.39, 0.29) is 5.75 Å². The molecule has 0 N–H and O–H groups in total. The lowest BCUT2D eigenvalue weighted by Crippen LogP contribution is -2.11. The van der Waals surface area contributed by atoms with Gasteiger partial charge in [0.25, 0.3) is 0 Å². The molecule has 0 fully saturated rings. The van der Waals surface area contributed by atoms with Crippen molar-refractivity contribution in [3.63, 3.8) is 0 Å². The van der Waals surface area contributed by atoms with Crippen LogP contribution in [-0.2, 0) is 9.84 Å². The summed E-state index contributed by atoms with van der Waals surface area (Å²) in [6, 6.07) is 5.07. The summed E-state index contributed by atoms with van der Waals surface area (Å²) in [5, 5.41) is 0. The molecular weight excluding hydrogens is 278 g/mol. The van der Waals surface area contributed by atoms with Gasteiger partial charge in [0, 0.05) is 18.6 Å². The van der Waals surface area contributed by atoms with Crippen molar-refractivity contribution in [3.05, 3.63) is 22.7 Å². The maximum atomic E-state index is 11.7. The Balaban J connectivity index is 3.31. The predicted octanol–water partition coefficient (Wildman–Crippen LogP) is 2.31. The van der Waals surface area contributed by atoms with Gasteiger partial charge in [-0.25, -0.2) is 8.42 Å². The van der Waals surface area contributed by atoms with E-state index in [1.165, 1.54) is 0 Å². The third kappa shape index (κ3) is 2.72. The fraction of sp³-hybridized carbons (Fsp3) is 0.400. The normalized spacial score (nSPS) is 11.5. The van der Waals surface area contributed by atoms with Crippen LogP contribution in [0.5, 0.6) is 0 Å². The maximum Gasteiger partial charge on any atom is 0.178 e. The van der Waals surface area contributed by atoms with Crippen molar-refractivity contribution in [2.24, 2.45) is 0 Å². The first-order chi connectivity index (χ1) is 6.88. The number of anilines is 1. The SMILES string of the molecule is CCS(=O)(=O)c1ccc(Br)c(N(C)C)c1. The van der Waals surface area contributed by atoms with Gasteiger partial charge in [-0.1, -0.05) is 6.92 Å². The van der Waals surface area contributed by atoms with E-state index >= 15 is 0 Å². The minimum absolute atomic E-state index is 0.126. The van der Waals surface area contributed by atoms with Crippen molar-refractivity contribution in [2.75, 3.05) is 24.7 Å². The molecule has 0 bridgehead atoms. The van der Waals surface area contributed by atoms with Crippen LogP contribution in [0.3, 0.4) is 0 Å². The van der Waals surface area contributed by atoms with E-state index in [0.29, 0.717) is 4.90 Å². The Morgan fingerprint density at radius 3 is 2.40 bits per heavy atom. The molecule has 0 unspecified atom stereocenters. The highest BCUT2D eigenvalue weighted by molar-refractivity contribution is 9.10. The van der Waals surface area contributed by atoms with Crippen molar-refractivity contribution in [1.29, 1.82) is 0 Å². The zero-order chi connectivity index (χ0) is 11.6. The molecule has 84 valence electrons. The van der Waals surface area contributed by atoms with Crippen molar-refractivity contribution >= 4 is 31.5 Å². The molecule has 0 spiro atoms. The first-order valence-electron chi connectivity index (χ1n) is 4.58. The monoisotopic (exact) mass is 291 g/mol. The molecule has 1 aromatic rings. The van der Waals surface area contributed by atoms with Crippen LogP contribution in [0.2, 0.25) is 0 Å². The average molecular weight is 292 g/mol. The summed E-state index contributed by atoms with van der Waals surface area (Å²) in [5.41, 5.74) is 0.865. The maximum absolute atomic E-state index is 11.7. The molecule has 0 aliphatic carbocycles. The van der Waals surface area contributed by atoms with Crippen molar-refractivity contribution in [2.45, 2.75) is 11.8 Å². The van der Waals surface area contributed by atoms with Gasteiger partial charge in [0.05, 0.1) is 16.3 Å². The minimum Gasteiger partial charge on any atom is -0.377 e. The minimum atomic E-state index is -3.12. The smallest absolute Gasteiger partial charge is 0.178 e. The summed E-state index contributed by atoms with van der Waals surface area (Å²) >= 11 is 3.38. The molecule has 15 heavy (non-hydrogen) atoms. The number of nitrogens with zero attached hydrogens (tertiary/aromatic N) is 1. The summed E-state index contributed by atoms with van der Waals surface area (Å²) in [7, 11) is 0.636. The second-order valence-corrected chi connectivity index (χ2v) is 6.54. The zero-order valence-corrected chi connectivity index (χ0v) is 11.4. The lowest BCUT2D eigenvalue weighted by atomic mass is 10.3. The highest BCUT2D eigenvalue weighted by Crippen LogP contribution is 2.27. The number of rotatable bonds is 3. The zero-order valence-electron chi connectivity index (χ0n) is 8.99. The van der Waals surface area contributed by atoms with Crippen LogP contribution in [0.15, 0.2) is 27.6 Å². The fourth-order valence-corrected chi connectivity index (χ4v) is 2.70. The summed E-state index contributed by atoms with van der Waals surface area (Å²) in [5.74, 6) is 0.126. The Morgan fingerprint density at radius 1 is 1.33 bits per heavy atom. The molecule has 1 rings (SSSR count). The Morgan fingerprint density at radius 2 is 1.93 bits per heavy atom. The van der Waals surface area contributed by atoms with Crippen molar-refractivity contribution in [1.82, 2.24) is 0 Å². The predicted molar refractivity (Wildman–Crippen MR) is 66.2 cm³/mol. The number of benzene rings is 1. The topological polar surface area (TPSA) is 37.4 Å². The van der Waals surface area contributed by atoms with E-state index in [1.54, 1.807) is 25.1 Å². The summed E-state index contributed by atoms with van der Waals surface area (Å²) in [4.78, 5) is 2.25.